The van der Waals surface area contributed by atoms with Gasteiger partial charge in [0.25, 0.3) is 0 Å². The van der Waals surface area contributed by atoms with E-state index in [1.807, 2.05) is 0 Å². The Kier molecular flexibility index (Phi) is 27.4. The van der Waals surface area contributed by atoms with Gasteiger partial charge in [-0.3, -0.25) is 52.7 Å². The topological polar surface area (TPSA) is 466 Å². The Hall–Kier alpha value is -7.35. The van der Waals surface area contributed by atoms with Crippen LogP contribution in [0.25, 0.3) is 0 Å². The van der Waals surface area contributed by atoms with Crippen LogP contribution in [0.1, 0.15) is 116 Å². The lowest BCUT2D eigenvalue weighted by Gasteiger charge is -2.17. The zero-order chi connectivity index (χ0) is 51.6. The highest BCUT2D eigenvalue weighted by molar-refractivity contribution is 5.90. The third-order valence-corrected chi connectivity index (χ3v) is 9.99. The van der Waals surface area contributed by atoms with E-state index in [4.69, 9.17) is 15.3 Å². The van der Waals surface area contributed by atoms with Gasteiger partial charge in [0.05, 0.1) is 17.8 Å². The minimum absolute atomic E-state index is 0.332. The fourth-order valence-corrected chi connectivity index (χ4v) is 6.24. The number of rotatable bonds is 38. The van der Waals surface area contributed by atoms with E-state index in [1.165, 1.54) is 0 Å². The van der Waals surface area contributed by atoms with E-state index in [0.717, 1.165) is 6.92 Å². The lowest BCUT2D eigenvalue weighted by molar-refractivity contribution is -0.146. The van der Waals surface area contributed by atoms with Crippen LogP contribution in [0.15, 0.2) is 0 Å². The van der Waals surface area contributed by atoms with Crippen LogP contribution >= 0.6 is 0 Å². The van der Waals surface area contributed by atoms with Crippen molar-refractivity contribution in [3.05, 3.63) is 0 Å². The second kappa shape index (κ2) is 30.7. The summed E-state index contributed by atoms with van der Waals surface area (Å²) in [5, 5.41) is 83.3. The summed E-state index contributed by atoms with van der Waals surface area (Å²) in [6, 6.07) is -6.38. The van der Waals surface area contributed by atoms with Gasteiger partial charge in [-0.25, -0.2) is 19.2 Å². The molecule has 0 saturated carbocycles. The summed E-state index contributed by atoms with van der Waals surface area (Å²) in [6.07, 6.45) is -9.21. The van der Waals surface area contributed by atoms with Gasteiger partial charge in [0.1, 0.15) is 41.5 Å². The Morgan fingerprint density at radius 2 is 0.552 bits per heavy atom. The van der Waals surface area contributed by atoms with E-state index in [2.05, 4.69) is 21.3 Å². The van der Waals surface area contributed by atoms with Gasteiger partial charge in [0.2, 0.25) is 23.6 Å². The number of carboxylic acids is 8. The number of carboxylic acid groups (broad SMARTS) is 8. The maximum Gasteiger partial charge on any atom is 0.326 e. The summed E-state index contributed by atoms with van der Waals surface area (Å²) >= 11 is 0. The van der Waals surface area contributed by atoms with Gasteiger partial charge < -0.3 is 62.1 Å². The summed E-state index contributed by atoms with van der Waals surface area (Å²) in [7, 11) is 0. The maximum absolute atomic E-state index is 12.7. The summed E-state index contributed by atoms with van der Waals surface area (Å²) in [5.74, 6) is -22.3. The Morgan fingerprint density at radius 3 is 0.761 bits per heavy atom. The second-order valence-corrected chi connectivity index (χ2v) is 15.5. The van der Waals surface area contributed by atoms with E-state index in [0.29, 0.717) is 0 Å². The predicted octanol–water partition coefficient (Wildman–Crippen LogP) is -1.19. The predicted molar refractivity (Wildman–Crippen MR) is 218 cm³/mol. The lowest BCUT2D eigenvalue weighted by Crippen LogP contribution is -2.41. The Labute approximate surface area is 380 Å². The van der Waals surface area contributed by atoms with Gasteiger partial charge in [-0.15, -0.1) is 0 Å². The molecule has 12 N–H and O–H groups in total. The Bertz CT molecular complexity index is 1880. The van der Waals surface area contributed by atoms with Gasteiger partial charge in [0.15, 0.2) is 0 Å². The van der Waals surface area contributed by atoms with E-state index >= 15 is 0 Å². The van der Waals surface area contributed by atoms with Crippen molar-refractivity contribution in [2.24, 2.45) is 17.8 Å². The number of ketones is 3. The SMILES string of the molecule is CC(=O)NC(CCC(=O)C[C@@H](CCC(=O)NC(CCC(=O)C[C@@H](CCC(=O)N[C@@H](CCC(=O)C[C@@H](CCC(=O)N[C@@H](CCC(=O)O)C(=O)O)C(=O)O)C(=O)O)C(=O)O)C(=O)O)C(=O)O)C(=O)O. The molecular formula is C40H56N4O23. The van der Waals surface area contributed by atoms with Crippen molar-refractivity contribution in [2.45, 2.75) is 140 Å². The number of aliphatic carboxylic acids is 8. The highest BCUT2D eigenvalue weighted by Gasteiger charge is 2.30. The van der Waals surface area contributed by atoms with Crippen LogP contribution in [0.3, 0.4) is 0 Å². The van der Waals surface area contributed by atoms with Gasteiger partial charge in [-0.1, -0.05) is 0 Å². The molecule has 0 aliphatic rings. The van der Waals surface area contributed by atoms with Crippen LogP contribution in [-0.4, -0.2) is 154 Å². The minimum Gasteiger partial charge on any atom is -0.481 e. The second-order valence-electron chi connectivity index (χ2n) is 15.5. The number of nitrogens with one attached hydrogen (secondary N) is 4. The standard InChI is InChI=1S/C40H56N4O23/c1-19(45)41-26(37(60)61)8-5-23(46)16-20(34(54)55)2-12-30(49)42-27(38(62)63)9-6-24(47)17-21(35(56)57)3-13-31(50)43-28(39(64)65)10-7-25(48)18-22(36(58)59)4-14-32(51)44-29(40(66)67)11-15-33(52)53/h20-22,26-29H,2-18H2,1H3,(H,41,45)(H,42,49)(H,43,50)(H,44,51)(H,52,53)(H,54,55)(H,56,57)(H,58,59)(H,60,61)(H,62,63)(H,64,65)(H,66,67)/t20-,21-,22-,26?,27?,28+,29+/m1/s1. The average molecular weight is 961 g/mol. The molecule has 0 saturated heterocycles. The van der Waals surface area contributed by atoms with E-state index < -0.39 is 233 Å². The quantitative estimate of drug-likeness (QED) is 0.0346. The van der Waals surface area contributed by atoms with Crippen LogP contribution < -0.4 is 21.3 Å². The molecule has 27 nitrogen and oxygen atoms in total. The highest BCUT2D eigenvalue weighted by Crippen LogP contribution is 2.19. The molecule has 2 unspecified atom stereocenters. The molecule has 0 heterocycles. The van der Waals surface area contributed by atoms with Crippen molar-refractivity contribution in [1.82, 2.24) is 21.3 Å². The molecule has 0 aromatic heterocycles. The first-order valence-corrected chi connectivity index (χ1v) is 20.6. The number of hydrogen-bond acceptors (Lipinski definition) is 15. The number of amides is 4. The van der Waals surface area contributed by atoms with Crippen LogP contribution in [0.4, 0.5) is 0 Å². The number of Topliss-reactive ketones (excluding diaryl/α,β-unsaturated/α-hetero) is 3. The normalized spacial score (nSPS) is 13.9. The van der Waals surface area contributed by atoms with Crippen molar-refractivity contribution in [1.29, 1.82) is 0 Å². The van der Waals surface area contributed by atoms with Gasteiger partial charge in [-0.05, 0) is 44.9 Å². The van der Waals surface area contributed by atoms with E-state index in [1.54, 1.807) is 0 Å². The fourth-order valence-electron chi connectivity index (χ4n) is 6.24. The summed E-state index contributed by atoms with van der Waals surface area (Å²) < 4.78 is 0. The molecule has 67 heavy (non-hydrogen) atoms. The molecule has 0 aromatic carbocycles. The first kappa shape index (κ1) is 59.6. The smallest absolute Gasteiger partial charge is 0.326 e. The van der Waals surface area contributed by atoms with Crippen molar-refractivity contribution in [3.63, 3.8) is 0 Å². The molecule has 27 heteroatoms. The molecule has 0 bridgehead atoms. The van der Waals surface area contributed by atoms with Crippen LogP contribution in [0.5, 0.6) is 0 Å². The third kappa shape index (κ3) is 26.9. The van der Waals surface area contributed by atoms with Crippen molar-refractivity contribution in [3.8, 4) is 0 Å². The van der Waals surface area contributed by atoms with Crippen molar-refractivity contribution in [2.75, 3.05) is 0 Å². The number of carbonyl (C=O) groups is 15. The third-order valence-electron chi connectivity index (χ3n) is 9.99. The van der Waals surface area contributed by atoms with Gasteiger partial charge in [0, 0.05) is 71.1 Å². The van der Waals surface area contributed by atoms with Crippen LogP contribution in [0.2, 0.25) is 0 Å². The molecule has 0 aliphatic heterocycles. The zero-order valence-electron chi connectivity index (χ0n) is 36.3. The minimum atomic E-state index is -1.71. The summed E-state index contributed by atoms with van der Waals surface area (Å²) in [5.41, 5.74) is 0. The number of hydrogen-bond donors (Lipinski definition) is 12. The number of carbonyl (C=O) groups excluding carboxylic acids is 7. The first-order chi connectivity index (χ1) is 31.1. The average Bonchev–Trinajstić information content (AvgIpc) is 3.21. The fraction of sp³-hybridized carbons (Fsp3) is 0.625. The molecule has 4 amide bonds. The molecule has 7 atom stereocenters. The summed E-state index contributed by atoms with van der Waals surface area (Å²) in [4.78, 5) is 178. The molecule has 0 aliphatic carbocycles. The molecule has 0 radical (unpaired) electrons. The van der Waals surface area contributed by atoms with Gasteiger partial charge >= 0.3 is 47.8 Å². The van der Waals surface area contributed by atoms with E-state index in [9.17, 15) is 97.5 Å². The molecule has 0 spiro atoms. The maximum atomic E-state index is 12.7. The zero-order valence-corrected chi connectivity index (χ0v) is 36.3. The van der Waals surface area contributed by atoms with Crippen molar-refractivity contribution >= 4 is 88.7 Å². The van der Waals surface area contributed by atoms with Crippen molar-refractivity contribution < 1.29 is 113 Å². The van der Waals surface area contributed by atoms with Crippen LogP contribution in [0, 0.1) is 17.8 Å². The molecular weight excluding hydrogens is 904 g/mol. The summed E-state index contributed by atoms with van der Waals surface area (Å²) in [6.45, 7) is 1.06. The van der Waals surface area contributed by atoms with E-state index in [-0.39, 0.29) is 6.42 Å². The molecule has 374 valence electrons. The van der Waals surface area contributed by atoms with Crippen LogP contribution in [-0.2, 0) is 71.9 Å². The first-order valence-electron chi connectivity index (χ1n) is 20.6. The van der Waals surface area contributed by atoms with Gasteiger partial charge in [-0.2, -0.15) is 0 Å². The molecule has 0 aromatic rings. The molecule has 0 rings (SSSR count). The Morgan fingerprint density at radius 1 is 0.313 bits per heavy atom. The lowest BCUT2D eigenvalue weighted by atomic mass is 9.93. The monoisotopic (exact) mass is 960 g/mol. The highest BCUT2D eigenvalue weighted by atomic mass is 16.4. The molecule has 0 fully saturated rings. The largest absolute Gasteiger partial charge is 0.481 e. The Balaban J connectivity index is 5.14.